The van der Waals surface area contributed by atoms with Crippen molar-refractivity contribution in [3.8, 4) is 17.0 Å². The number of hydrogen-bond acceptors (Lipinski definition) is 5. The summed E-state index contributed by atoms with van der Waals surface area (Å²) in [5, 5.41) is 25.2. The molecule has 0 saturated heterocycles. The summed E-state index contributed by atoms with van der Waals surface area (Å²) < 4.78 is 7.55. The quantitative estimate of drug-likeness (QED) is 0.511. The van der Waals surface area contributed by atoms with Crippen LogP contribution in [0.15, 0.2) is 54.6 Å². The predicted octanol–water partition coefficient (Wildman–Crippen LogP) is 3.54. The van der Waals surface area contributed by atoms with Crippen LogP contribution >= 0.6 is 0 Å². The second-order valence-electron chi connectivity index (χ2n) is 6.57. The molecule has 0 unspecified atom stereocenters. The lowest BCUT2D eigenvalue weighted by atomic mass is 10.1. The zero-order chi connectivity index (χ0) is 18.8. The molecule has 4 rings (SSSR count). The second kappa shape index (κ2) is 7.20. The first kappa shape index (κ1) is 17.2. The minimum atomic E-state index is -0.393. The molecule has 1 aliphatic rings. The molecule has 0 radical (unpaired) electrons. The summed E-state index contributed by atoms with van der Waals surface area (Å²) in [5.74, 6) is 0.791. The van der Waals surface area contributed by atoms with Gasteiger partial charge in [0.15, 0.2) is 0 Å². The van der Waals surface area contributed by atoms with Crippen molar-refractivity contribution in [3.63, 3.8) is 0 Å². The summed E-state index contributed by atoms with van der Waals surface area (Å²) >= 11 is 0. The highest BCUT2D eigenvalue weighted by atomic mass is 16.6. The summed E-state index contributed by atoms with van der Waals surface area (Å²) in [6, 6.07) is 16.1. The third-order valence-corrected chi connectivity index (χ3v) is 4.46. The number of nitrogens with zero attached hydrogens (tertiary/aromatic N) is 3. The van der Waals surface area contributed by atoms with E-state index in [0.717, 1.165) is 29.8 Å². The normalized spacial score (nSPS) is 13.5. The summed E-state index contributed by atoms with van der Waals surface area (Å²) in [4.78, 5) is 10.9. The van der Waals surface area contributed by atoms with Gasteiger partial charge >= 0.3 is 0 Å². The number of rotatable bonds is 7. The number of aliphatic hydroxyl groups is 1. The van der Waals surface area contributed by atoms with Gasteiger partial charge in [0.05, 0.1) is 41.1 Å². The Labute approximate surface area is 156 Å². The molecule has 7 heteroatoms. The number of benzene rings is 2. The molecule has 0 spiro atoms. The Morgan fingerprint density at radius 2 is 2.00 bits per heavy atom. The number of aliphatic hydroxyl groups excluding tert-OH is 1. The maximum atomic E-state index is 11.3. The zero-order valence-corrected chi connectivity index (χ0v) is 14.6. The molecule has 138 valence electrons. The highest BCUT2D eigenvalue weighted by Crippen LogP contribution is 2.31. The van der Waals surface area contributed by atoms with Crippen LogP contribution in [-0.2, 0) is 13.2 Å². The Bertz CT molecular complexity index is 979. The van der Waals surface area contributed by atoms with Crippen LogP contribution in [0.5, 0.6) is 5.75 Å². The van der Waals surface area contributed by atoms with E-state index in [1.54, 1.807) is 28.9 Å². The molecular formula is C20H19N3O4. The average molecular weight is 365 g/mol. The van der Waals surface area contributed by atoms with Gasteiger partial charge in [0.2, 0.25) is 0 Å². The van der Waals surface area contributed by atoms with Crippen LogP contribution in [0.3, 0.4) is 0 Å². The van der Waals surface area contributed by atoms with Crippen LogP contribution < -0.4 is 4.74 Å². The van der Waals surface area contributed by atoms with Crippen molar-refractivity contribution in [3.05, 3.63) is 76.0 Å². The van der Waals surface area contributed by atoms with E-state index < -0.39 is 4.92 Å². The number of nitro benzene ring substituents is 1. The molecule has 1 heterocycles. The Morgan fingerprint density at radius 3 is 2.74 bits per heavy atom. The lowest BCUT2D eigenvalue weighted by Crippen LogP contribution is -2.07. The Kier molecular flexibility index (Phi) is 4.60. The minimum absolute atomic E-state index is 0.0512. The van der Waals surface area contributed by atoms with Gasteiger partial charge in [-0.3, -0.25) is 14.8 Å². The third kappa shape index (κ3) is 3.83. The average Bonchev–Trinajstić information content (AvgIpc) is 3.39. The van der Waals surface area contributed by atoms with Crippen LogP contribution in [-0.4, -0.2) is 25.9 Å². The molecule has 1 aromatic heterocycles. The van der Waals surface area contributed by atoms with Crippen molar-refractivity contribution in [1.29, 1.82) is 0 Å². The zero-order valence-electron chi connectivity index (χ0n) is 14.6. The number of nitro groups is 1. The molecular weight excluding hydrogens is 346 g/mol. The topological polar surface area (TPSA) is 90.4 Å². The van der Waals surface area contributed by atoms with Gasteiger partial charge in [-0.1, -0.05) is 30.3 Å². The highest BCUT2D eigenvalue weighted by molar-refractivity contribution is 5.62. The van der Waals surface area contributed by atoms with Gasteiger partial charge in [0.1, 0.15) is 5.75 Å². The van der Waals surface area contributed by atoms with Crippen LogP contribution in [0.1, 0.15) is 24.1 Å². The number of ether oxygens (including phenoxy) is 1. The van der Waals surface area contributed by atoms with Gasteiger partial charge in [-0.2, -0.15) is 5.10 Å². The van der Waals surface area contributed by atoms with E-state index in [-0.39, 0.29) is 18.8 Å². The van der Waals surface area contributed by atoms with Crippen LogP contribution in [0.4, 0.5) is 5.69 Å². The van der Waals surface area contributed by atoms with Crippen molar-refractivity contribution in [2.24, 2.45) is 0 Å². The first-order valence-corrected chi connectivity index (χ1v) is 8.81. The van der Waals surface area contributed by atoms with Gasteiger partial charge in [-0.15, -0.1) is 0 Å². The molecule has 1 N–H and O–H groups in total. The molecule has 7 nitrogen and oxygen atoms in total. The van der Waals surface area contributed by atoms with Crippen molar-refractivity contribution in [2.75, 3.05) is 0 Å². The Morgan fingerprint density at radius 1 is 1.19 bits per heavy atom. The molecule has 27 heavy (non-hydrogen) atoms. The standard InChI is InChI=1S/C20H19N3O4/c24-13-16-11-20(14-5-3-6-18(10-14)27-17-8-9-17)22(21-16)12-15-4-1-2-7-19(15)23(25)26/h1-7,10-11,17,24H,8-9,12-13H2. The molecule has 1 fully saturated rings. The fourth-order valence-electron chi connectivity index (χ4n) is 2.99. The van der Waals surface area contributed by atoms with E-state index in [9.17, 15) is 15.2 Å². The molecule has 2 aromatic carbocycles. The summed E-state index contributed by atoms with van der Waals surface area (Å²) in [6.07, 6.45) is 2.45. The van der Waals surface area contributed by atoms with E-state index in [4.69, 9.17) is 4.74 Å². The largest absolute Gasteiger partial charge is 0.490 e. The smallest absolute Gasteiger partial charge is 0.274 e. The second-order valence-corrected chi connectivity index (χ2v) is 6.57. The molecule has 0 bridgehead atoms. The molecule has 0 atom stereocenters. The molecule has 1 aliphatic carbocycles. The number of para-hydroxylation sites is 1. The van der Waals surface area contributed by atoms with Gasteiger partial charge < -0.3 is 9.84 Å². The minimum Gasteiger partial charge on any atom is -0.490 e. The van der Waals surface area contributed by atoms with Crippen LogP contribution in [0.25, 0.3) is 11.3 Å². The Hall–Kier alpha value is -3.19. The van der Waals surface area contributed by atoms with Gasteiger partial charge in [0.25, 0.3) is 5.69 Å². The monoisotopic (exact) mass is 365 g/mol. The van der Waals surface area contributed by atoms with E-state index >= 15 is 0 Å². The first-order valence-electron chi connectivity index (χ1n) is 8.81. The summed E-state index contributed by atoms with van der Waals surface area (Å²) in [7, 11) is 0. The van der Waals surface area contributed by atoms with E-state index in [1.165, 1.54) is 6.07 Å². The molecule has 3 aromatic rings. The maximum absolute atomic E-state index is 11.3. The van der Waals surface area contributed by atoms with E-state index in [0.29, 0.717) is 17.4 Å². The van der Waals surface area contributed by atoms with Crippen molar-refractivity contribution >= 4 is 5.69 Å². The molecule has 0 aliphatic heterocycles. The third-order valence-electron chi connectivity index (χ3n) is 4.46. The fourth-order valence-corrected chi connectivity index (χ4v) is 2.99. The lowest BCUT2D eigenvalue weighted by molar-refractivity contribution is -0.385. The number of aromatic nitrogens is 2. The SMILES string of the molecule is O=[N+]([O-])c1ccccc1Cn1nc(CO)cc1-c1cccc(OC2CC2)c1. The Balaban J connectivity index is 1.70. The van der Waals surface area contributed by atoms with Crippen molar-refractivity contribution < 1.29 is 14.8 Å². The van der Waals surface area contributed by atoms with Crippen LogP contribution in [0, 0.1) is 10.1 Å². The maximum Gasteiger partial charge on any atom is 0.274 e. The fraction of sp³-hybridized carbons (Fsp3) is 0.250. The van der Waals surface area contributed by atoms with E-state index in [2.05, 4.69) is 5.10 Å². The van der Waals surface area contributed by atoms with Gasteiger partial charge in [-0.05, 0) is 31.0 Å². The first-order chi connectivity index (χ1) is 13.1. The van der Waals surface area contributed by atoms with Crippen molar-refractivity contribution in [2.45, 2.75) is 32.1 Å². The molecule has 1 saturated carbocycles. The summed E-state index contributed by atoms with van der Waals surface area (Å²) in [5.41, 5.74) is 2.78. The predicted molar refractivity (Wildman–Crippen MR) is 99.4 cm³/mol. The molecule has 0 amide bonds. The van der Waals surface area contributed by atoms with Gasteiger partial charge in [0, 0.05) is 11.6 Å². The summed E-state index contributed by atoms with van der Waals surface area (Å²) in [6.45, 7) is 0.0370. The van der Waals surface area contributed by atoms with E-state index in [1.807, 2.05) is 24.3 Å². The van der Waals surface area contributed by atoms with Gasteiger partial charge in [-0.25, -0.2) is 0 Å². The van der Waals surface area contributed by atoms with Crippen LogP contribution in [0.2, 0.25) is 0 Å². The van der Waals surface area contributed by atoms with Crippen molar-refractivity contribution in [1.82, 2.24) is 9.78 Å². The number of hydrogen-bond donors (Lipinski definition) is 1. The lowest BCUT2D eigenvalue weighted by Gasteiger charge is -2.10. The highest BCUT2D eigenvalue weighted by Gasteiger charge is 2.24.